The van der Waals surface area contributed by atoms with Gasteiger partial charge in [0, 0.05) is 12.8 Å². The van der Waals surface area contributed by atoms with E-state index >= 15 is 0 Å². The molecule has 0 radical (unpaired) electrons. The van der Waals surface area contributed by atoms with Gasteiger partial charge >= 0.3 is 17.9 Å². The monoisotopic (exact) mass is 474 g/mol. The summed E-state index contributed by atoms with van der Waals surface area (Å²) in [6.45, 7) is 6.36. The van der Waals surface area contributed by atoms with Crippen LogP contribution in [-0.4, -0.2) is 75.1 Å². The van der Waals surface area contributed by atoms with E-state index in [-0.39, 0.29) is 19.3 Å². The fraction of sp³-hybridized carbons (Fsp3) is 0.700. The lowest BCUT2D eigenvalue weighted by atomic mass is 10.0. The summed E-state index contributed by atoms with van der Waals surface area (Å²) < 4.78 is 0. The van der Waals surface area contributed by atoms with Crippen LogP contribution >= 0.6 is 0 Å². The molecule has 3 amide bonds. The SMILES string of the molecule is CC(C)C(NC(=O)C(CCC(=O)O)NC(=O)C(NC(=O)C(N)CCC(=O)O)C(C)C)C(=O)O. The Hall–Kier alpha value is -3.22. The van der Waals surface area contributed by atoms with Crippen LogP contribution < -0.4 is 21.7 Å². The molecule has 13 nitrogen and oxygen atoms in total. The van der Waals surface area contributed by atoms with Crippen molar-refractivity contribution in [3.8, 4) is 0 Å². The van der Waals surface area contributed by atoms with Gasteiger partial charge in [-0.1, -0.05) is 27.7 Å². The Balaban J connectivity index is 5.46. The summed E-state index contributed by atoms with van der Waals surface area (Å²) in [5.74, 6) is -7.03. The standard InChI is InChI=1S/C20H34N4O9/c1-9(2)15(23-17(29)11(21)5-7-13(25)26)19(31)22-12(6-8-14(27)28)18(30)24-16(10(3)4)20(32)33/h9-12,15-16H,5-8,21H2,1-4H3,(H,22,31)(H,23,29)(H,24,30)(H,25,26)(H,27,28)(H,32,33). The van der Waals surface area contributed by atoms with Crippen molar-refractivity contribution >= 4 is 35.6 Å². The van der Waals surface area contributed by atoms with Crippen LogP contribution in [0, 0.1) is 11.8 Å². The summed E-state index contributed by atoms with van der Waals surface area (Å²) in [6.07, 6.45) is -1.28. The first-order chi connectivity index (χ1) is 15.2. The maximum absolute atomic E-state index is 12.8. The minimum absolute atomic E-state index is 0.150. The lowest BCUT2D eigenvalue weighted by molar-refractivity contribution is -0.144. The zero-order chi connectivity index (χ0) is 25.9. The molecular weight excluding hydrogens is 440 g/mol. The number of hydrogen-bond donors (Lipinski definition) is 7. The summed E-state index contributed by atoms with van der Waals surface area (Å²) in [5.41, 5.74) is 5.66. The van der Waals surface area contributed by atoms with Crippen LogP contribution in [0.15, 0.2) is 0 Å². The third kappa shape index (κ3) is 11.3. The second kappa shape index (κ2) is 14.0. The number of nitrogens with two attached hydrogens (primary N) is 1. The third-order valence-corrected chi connectivity index (χ3v) is 4.76. The molecule has 4 atom stereocenters. The minimum Gasteiger partial charge on any atom is -0.481 e. The highest BCUT2D eigenvalue weighted by Gasteiger charge is 2.32. The van der Waals surface area contributed by atoms with Crippen LogP contribution in [0.25, 0.3) is 0 Å². The van der Waals surface area contributed by atoms with Crippen LogP contribution in [0.1, 0.15) is 53.4 Å². The molecule has 0 aliphatic carbocycles. The first-order valence-corrected chi connectivity index (χ1v) is 10.5. The zero-order valence-corrected chi connectivity index (χ0v) is 19.2. The molecular formula is C20H34N4O9. The van der Waals surface area contributed by atoms with Crippen LogP contribution in [0.4, 0.5) is 0 Å². The van der Waals surface area contributed by atoms with Crippen LogP contribution in [0.2, 0.25) is 0 Å². The molecule has 0 aromatic carbocycles. The largest absolute Gasteiger partial charge is 0.481 e. The molecule has 0 aromatic heterocycles. The van der Waals surface area contributed by atoms with Crippen molar-refractivity contribution in [3.63, 3.8) is 0 Å². The number of carbonyl (C=O) groups is 6. The molecule has 0 rings (SSSR count). The molecule has 33 heavy (non-hydrogen) atoms. The van der Waals surface area contributed by atoms with Crippen molar-refractivity contribution in [2.24, 2.45) is 17.6 Å². The summed E-state index contributed by atoms with van der Waals surface area (Å²) >= 11 is 0. The van der Waals surface area contributed by atoms with Gasteiger partial charge in [-0.2, -0.15) is 0 Å². The highest BCUT2D eigenvalue weighted by molar-refractivity contribution is 5.94. The molecule has 13 heteroatoms. The van der Waals surface area contributed by atoms with Crippen molar-refractivity contribution < 1.29 is 44.1 Å². The fourth-order valence-corrected chi connectivity index (χ4v) is 2.77. The quantitative estimate of drug-likeness (QED) is 0.151. The van der Waals surface area contributed by atoms with Crippen LogP contribution in [-0.2, 0) is 28.8 Å². The molecule has 4 unspecified atom stereocenters. The molecule has 8 N–H and O–H groups in total. The average molecular weight is 475 g/mol. The number of carboxylic acid groups (broad SMARTS) is 3. The maximum atomic E-state index is 12.8. The topological polar surface area (TPSA) is 225 Å². The van der Waals surface area contributed by atoms with Crippen molar-refractivity contribution in [3.05, 3.63) is 0 Å². The Bertz CT molecular complexity index is 739. The van der Waals surface area contributed by atoms with Gasteiger partial charge in [-0.05, 0) is 24.7 Å². The number of hydrogen-bond acceptors (Lipinski definition) is 7. The summed E-state index contributed by atoms with van der Waals surface area (Å²) in [4.78, 5) is 70.7. The predicted octanol–water partition coefficient (Wildman–Crippen LogP) is -1.11. The van der Waals surface area contributed by atoms with E-state index in [1.807, 2.05) is 0 Å². The van der Waals surface area contributed by atoms with Gasteiger partial charge in [0.2, 0.25) is 17.7 Å². The van der Waals surface area contributed by atoms with E-state index in [9.17, 15) is 33.9 Å². The number of rotatable bonds is 15. The Morgan fingerprint density at radius 1 is 0.667 bits per heavy atom. The number of aliphatic carboxylic acids is 3. The van der Waals surface area contributed by atoms with Crippen molar-refractivity contribution in [1.82, 2.24) is 16.0 Å². The normalized spacial score (nSPS) is 14.6. The van der Waals surface area contributed by atoms with E-state index in [2.05, 4.69) is 16.0 Å². The highest BCUT2D eigenvalue weighted by atomic mass is 16.4. The molecule has 0 aliphatic heterocycles. The van der Waals surface area contributed by atoms with E-state index in [0.29, 0.717) is 0 Å². The molecule has 0 aromatic rings. The van der Waals surface area contributed by atoms with E-state index < -0.39 is 78.1 Å². The number of carboxylic acids is 3. The third-order valence-electron chi connectivity index (χ3n) is 4.76. The fourth-order valence-electron chi connectivity index (χ4n) is 2.77. The van der Waals surface area contributed by atoms with Crippen LogP contribution in [0.5, 0.6) is 0 Å². The average Bonchev–Trinajstić information content (AvgIpc) is 2.69. The zero-order valence-electron chi connectivity index (χ0n) is 19.2. The molecule has 188 valence electrons. The van der Waals surface area contributed by atoms with Gasteiger partial charge in [0.05, 0.1) is 6.04 Å². The van der Waals surface area contributed by atoms with Gasteiger partial charge in [0.25, 0.3) is 0 Å². The van der Waals surface area contributed by atoms with Gasteiger partial charge in [0.1, 0.15) is 18.1 Å². The maximum Gasteiger partial charge on any atom is 0.326 e. The Labute approximate surface area is 191 Å². The van der Waals surface area contributed by atoms with Gasteiger partial charge < -0.3 is 37.0 Å². The highest BCUT2D eigenvalue weighted by Crippen LogP contribution is 2.08. The summed E-state index contributed by atoms with van der Waals surface area (Å²) in [7, 11) is 0. The number of amides is 3. The molecule has 0 spiro atoms. The Morgan fingerprint density at radius 3 is 1.55 bits per heavy atom. The van der Waals surface area contributed by atoms with E-state index in [1.54, 1.807) is 27.7 Å². The lowest BCUT2D eigenvalue weighted by Gasteiger charge is -2.27. The van der Waals surface area contributed by atoms with E-state index in [4.69, 9.17) is 15.9 Å². The summed E-state index contributed by atoms with van der Waals surface area (Å²) in [5, 5.41) is 34.0. The number of nitrogens with one attached hydrogen (secondary N) is 3. The molecule has 0 fully saturated rings. The van der Waals surface area contributed by atoms with Gasteiger partial charge in [0.15, 0.2) is 0 Å². The van der Waals surface area contributed by atoms with Crippen molar-refractivity contribution in [2.75, 3.05) is 0 Å². The number of carbonyl (C=O) groups excluding carboxylic acids is 3. The Morgan fingerprint density at radius 2 is 1.12 bits per heavy atom. The molecule has 0 saturated heterocycles. The predicted molar refractivity (Wildman–Crippen MR) is 115 cm³/mol. The lowest BCUT2D eigenvalue weighted by Crippen LogP contribution is -2.58. The van der Waals surface area contributed by atoms with Gasteiger partial charge in [-0.3, -0.25) is 24.0 Å². The first-order valence-electron chi connectivity index (χ1n) is 10.5. The van der Waals surface area contributed by atoms with E-state index in [0.717, 1.165) is 0 Å². The molecule has 0 aliphatic rings. The van der Waals surface area contributed by atoms with Gasteiger partial charge in [-0.15, -0.1) is 0 Å². The minimum atomic E-state index is -1.37. The van der Waals surface area contributed by atoms with Crippen molar-refractivity contribution in [1.29, 1.82) is 0 Å². The molecule has 0 saturated carbocycles. The van der Waals surface area contributed by atoms with Crippen molar-refractivity contribution in [2.45, 2.75) is 77.5 Å². The Kier molecular flexibility index (Phi) is 12.7. The summed E-state index contributed by atoms with van der Waals surface area (Å²) in [6, 6.07) is -4.96. The molecule has 0 heterocycles. The first kappa shape index (κ1) is 29.8. The smallest absolute Gasteiger partial charge is 0.326 e. The van der Waals surface area contributed by atoms with Gasteiger partial charge in [-0.25, -0.2) is 4.79 Å². The second-order valence-corrected chi connectivity index (χ2v) is 8.33. The molecule has 0 bridgehead atoms. The van der Waals surface area contributed by atoms with Crippen LogP contribution in [0.3, 0.4) is 0 Å². The second-order valence-electron chi connectivity index (χ2n) is 8.33. The van der Waals surface area contributed by atoms with E-state index in [1.165, 1.54) is 0 Å².